The summed E-state index contributed by atoms with van der Waals surface area (Å²) in [5.74, 6) is -0.284. The van der Waals surface area contributed by atoms with Crippen molar-refractivity contribution in [2.45, 2.75) is 39.7 Å². The van der Waals surface area contributed by atoms with Crippen molar-refractivity contribution in [2.24, 2.45) is 0 Å². The van der Waals surface area contributed by atoms with Gasteiger partial charge in [-0.15, -0.1) is 0 Å². The van der Waals surface area contributed by atoms with Crippen molar-refractivity contribution in [1.29, 1.82) is 0 Å². The summed E-state index contributed by atoms with van der Waals surface area (Å²) in [4.78, 5) is 22.2. The molecule has 0 atom stereocenters. The normalized spacial score (nSPS) is 10.8. The average molecular weight is 279 g/mol. The lowest BCUT2D eigenvalue weighted by Crippen LogP contribution is -2.27. The number of hydrogen-bond acceptors (Lipinski definition) is 4. The number of anilines is 1. The second kappa shape index (κ2) is 6.93. The van der Waals surface area contributed by atoms with E-state index in [0.29, 0.717) is 18.7 Å². The van der Waals surface area contributed by atoms with Gasteiger partial charge in [0.15, 0.2) is 0 Å². The van der Waals surface area contributed by atoms with E-state index in [1.807, 2.05) is 32.9 Å². The second-order valence-electron chi connectivity index (χ2n) is 5.41. The fourth-order valence-electron chi connectivity index (χ4n) is 1.49. The van der Waals surface area contributed by atoms with Gasteiger partial charge in [0.25, 0.3) is 0 Å². The van der Waals surface area contributed by atoms with Crippen LogP contribution in [0.4, 0.5) is 10.5 Å². The van der Waals surface area contributed by atoms with Gasteiger partial charge in [0.1, 0.15) is 5.60 Å². The van der Waals surface area contributed by atoms with Crippen LogP contribution in [0, 0.1) is 0 Å². The summed E-state index contributed by atoms with van der Waals surface area (Å²) in [5.41, 5.74) is 1.17. The Hall–Kier alpha value is -2.04. The van der Waals surface area contributed by atoms with Crippen LogP contribution in [0.25, 0.3) is 0 Å². The zero-order valence-corrected chi connectivity index (χ0v) is 12.4. The predicted molar refractivity (Wildman–Crippen MR) is 76.6 cm³/mol. The van der Waals surface area contributed by atoms with Gasteiger partial charge in [-0.05, 0) is 38.5 Å². The second-order valence-corrected chi connectivity index (χ2v) is 5.41. The van der Waals surface area contributed by atoms with E-state index in [0.717, 1.165) is 5.56 Å². The first-order chi connectivity index (χ1) is 9.26. The van der Waals surface area contributed by atoms with Crippen molar-refractivity contribution >= 4 is 17.7 Å². The molecular formula is C15H21NO4. The number of hydrogen-bond donors (Lipinski definition) is 1. The van der Waals surface area contributed by atoms with Gasteiger partial charge in [0.05, 0.1) is 6.61 Å². The third-order valence-corrected chi connectivity index (χ3v) is 2.30. The van der Waals surface area contributed by atoms with Crippen molar-refractivity contribution in [2.75, 3.05) is 11.9 Å². The Morgan fingerprint density at radius 3 is 2.25 bits per heavy atom. The minimum absolute atomic E-state index is 0.284. The summed E-state index contributed by atoms with van der Waals surface area (Å²) in [6.07, 6.45) is 0.164. The summed E-state index contributed by atoms with van der Waals surface area (Å²) >= 11 is 0. The predicted octanol–water partition coefficient (Wildman–Crippen LogP) is 3.14. The molecule has 0 saturated heterocycles. The lowest BCUT2D eigenvalue weighted by molar-refractivity contribution is -0.140. The number of ether oxygens (including phenoxy) is 2. The van der Waals surface area contributed by atoms with Gasteiger partial charge in [0.2, 0.25) is 0 Å². The number of rotatable bonds is 4. The average Bonchev–Trinajstić information content (AvgIpc) is 2.28. The lowest BCUT2D eigenvalue weighted by atomic mass is 10.1. The summed E-state index contributed by atoms with van der Waals surface area (Å²) < 4.78 is 10.0. The molecule has 0 unspecified atom stereocenters. The number of benzene rings is 1. The molecule has 110 valence electrons. The van der Waals surface area contributed by atoms with Gasteiger partial charge in [-0.1, -0.05) is 12.1 Å². The van der Waals surface area contributed by atoms with E-state index in [1.165, 1.54) is 6.92 Å². The molecule has 5 heteroatoms. The van der Waals surface area contributed by atoms with E-state index in [1.54, 1.807) is 12.1 Å². The van der Waals surface area contributed by atoms with Gasteiger partial charge >= 0.3 is 12.1 Å². The van der Waals surface area contributed by atoms with Crippen LogP contribution >= 0.6 is 0 Å². The molecule has 0 radical (unpaired) electrons. The van der Waals surface area contributed by atoms with E-state index in [9.17, 15) is 9.59 Å². The summed E-state index contributed by atoms with van der Waals surface area (Å²) in [7, 11) is 0. The summed E-state index contributed by atoms with van der Waals surface area (Å²) in [6.45, 7) is 7.17. The third kappa shape index (κ3) is 6.78. The SMILES string of the molecule is CC(=O)OCCc1ccc(NC(=O)OC(C)(C)C)cc1. The molecule has 0 heterocycles. The highest BCUT2D eigenvalue weighted by Crippen LogP contribution is 2.13. The first-order valence-electron chi connectivity index (χ1n) is 6.48. The zero-order chi connectivity index (χ0) is 15.2. The molecule has 0 bridgehead atoms. The Labute approximate surface area is 119 Å². The number of carbonyl (C=O) groups excluding carboxylic acids is 2. The van der Waals surface area contributed by atoms with Crippen LogP contribution in [0.3, 0.4) is 0 Å². The third-order valence-electron chi connectivity index (χ3n) is 2.30. The Morgan fingerprint density at radius 1 is 1.15 bits per heavy atom. The summed E-state index contributed by atoms with van der Waals surface area (Å²) in [5, 5.41) is 2.65. The van der Waals surface area contributed by atoms with E-state index >= 15 is 0 Å². The Kier molecular flexibility index (Phi) is 5.55. The van der Waals surface area contributed by atoms with Gasteiger partial charge in [-0.2, -0.15) is 0 Å². The highest BCUT2D eigenvalue weighted by molar-refractivity contribution is 5.84. The molecule has 0 aromatic heterocycles. The molecule has 5 nitrogen and oxygen atoms in total. The van der Waals surface area contributed by atoms with Gasteiger partial charge in [0, 0.05) is 19.0 Å². The van der Waals surface area contributed by atoms with Crippen LogP contribution in [0.5, 0.6) is 0 Å². The monoisotopic (exact) mass is 279 g/mol. The fourth-order valence-corrected chi connectivity index (χ4v) is 1.49. The standard InChI is InChI=1S/C15H21NO4/c1-11(17)19-10-9-12-5-7-13(8-6-12)16-14(18)20-15(2,3)4/h5-8H,9-10H2,1-4H3,(H,16,18). The maximum atomic E-state index is 11.6. The molecule has 20 heavy (non-hydrogen) atoms. The number of amides is 1. The van der Waals surface area contributed by atoms with Crippen molar-refractivity contribution in [3.05, 3.63) is 29.8 Å². The lowest BCUT2D eigenvalue weighted by Gasteiger charge is -2.19. The summed E-state index contributed by atoms with van der Waals surface area (Å²) in [6, 6.07) is 7.31. The van der Waals surface area contributed by atoms with Crippen molar-refractivity contribution in [3.63, 3.8) is 0 Å². The van der Waals surface area contributed by atoms with E-state index < -0.39 is 11.7 Å². The molecule has 1 aromatic rings. The van der Waals surface area contributed by atoms with E-state index in [2.05, 4.69) is 5.32 Å². The largest absolute Gasteiger partial charge is 0.466 e. The fraction of sp³-hybridized carbons (Fsp3) is 0.467. The minimum atomic E-state index is -0.520. The van der Waals surface area contributed by atoms with Crippen molar-refractivity contribution in [1.82, 2.24) is 0 Å². The Balaban J connectivity index is 2.46. The van der Waals surface area contributed by atoms with Crippen LogP contribution in [0.2, 0.25) is 0 Å². The molecule has 0 saturated carbocycles. The van der Waals surface area contributed by atoms with Crippen LogP contribution in [0.1, 0.15) is 33.3 Å². The first-order valence-corrected chi connectivity index (χ1v) is 6.48. The maximum Gasteiger partial charge on any atom is 0.412 e. The molecule has 1 rings (SSSR count). The van der Waals surface area contributed by atoms with Gasteiger partial charge < -0.3 is 9.47 Å². The van der Waals surface area contributed by atoms with Crippen LogP contribution in [-0.4, -0.2) is 24.3 Å². The molecule has 1 N–H and O–H groups in total. The zero-order valence-electron chi connectivity index (χ0n) is 12.4. The minimum Gasteiger partial charge on any atom is -0.466 e. The molecule has 0 fully saturated rings. The molecular weight excluding hydrogens is 258 g/mol. The van der Waals surface area contributed by atoms with Crippen LogP contribution < -0.4 is 5.32 Å². The smallest absolute Gasteiger partial charge is 0.412 e. The van der Waals surface area contributed by atoms with E-state index in [4.69, 9.17) is 9.47 Å². The molecule has 1 amide bonds. The topological polar surface area (TPSA) is 64.6 Å². The van der Waals surface area contributed by atoms with Crippen LogP contribution in [0.15, 0.2) is 24.3 Å². The Bertz CT molecular complexity index is 460. The highest BCUT2D eigenvalue weighted by atomic mass is 16.6. The van der Waals surface area contributed by atoms with Crippen LogP contribution in [-0.2, 0) is 20.7 Å². The van der Waals surface area contributed by atoms with E-state index in [-0.39, 0.29) is 5.97 Å². The molecule has 0 aliphatic heterocycles. The number of esters is 1. The molecule has 0 aliphatic rings. The van der Waals surface area contributed by atoms with Gasteiger partial charge in [-0.3, -0.25) is 10.1 Å². The quantitative estimate of drug-likeness (QED) is 0.860. The Morgan fingerprint density at radius 2 is 1.75 bits per heavy atom. The molecule has 0 spiro atoms. The van der Waals surface area contributed by atoms with Crippen molar-refractivity contribution < 1.29 is 19.1 Å². The van der Waals surface area contributed by atoms with Crippen molar-refractivity contribution in [3.8, 4) is 0 Å². The van der Waals surface area contributed by atoms with Gasteiger partial charge in [-0.25, -0.2) is 4.79 Å². The number of carbonyl (C=O) groups is 2. The molecule has 0 aliphatic carbocycles. The highest BCUT2D eigenvalue weighted by Gasteiger charge is 2.15. The molecule has 1 aromatic carbocycles. The first kappa shape index (κ1) is 16.0. The maximum absolute atomic E-state index is 11.6. The number of nitrogens with one attached hydrogen (secondary N) is 1.